The quantitative estimate of drug-likeness (QED) is 0.410. The maximum absolute atomic E-state index is 11.4. The highest BCUT2D eigenvalue weighted by atomic mass is 32.1. The standard InChI is InChI=1S/C16H20N4O4S/c1-4-6-24-15-13(20(21)22)7-12(8-14(15)23-5-2)9-17-19-16-18-11(3)10-25-16/h7-10H,4-6H2,1-3H3,(H,18,19)/b17-9-. The lowest BCUT2D eigenvalue weighted by molar-refractivity contribution is -0.386. The number of ether oxygens (including phenoxy) is 2. The fraction of sp³-hybridized carbons (Fsp3) is 0.375. The first-order chi connectivity index (χ1) is 12.0. The molecule has 2 rings (SSSR count). The van der Waals surface area contributed by atoms with E-state index in [1.165, 1.54) is 23.6 Å². The number of benzene rings is 1. The molecule has 0 radical (unpaired) electrons. The molecule has 0 aliphatic rings. The van der Waals surface area contributed by atoms with Crippen molar-refractivity contribution in [2.45, 2.75) is 27.2 Å². The number of anilines is 1. The minimum absolute atomic E-state index is 0.147. The van der Waals surface area contributed by atoms with Crippen molar-refractivity contribution < 1.29 is 14.4 Å². The topological polar surface area (TPSA) is 98.9 Å². The number of nitro groups is 1. The summed E-state index contributed by atoms with van der Waals surface area (Å²) in [5.41, 5.74) is 4.08. The number of thiazole rings is 1. The summed E-state index contributed by atoms with van der Waals surface area (Å²) in [4.78, 5) is 15.1. The van der Waals surface area contributed by atoms with E-state index < -0.39 is 4.92 Å². The Bertz CT molecular complexity index is 761. The minimum atomic E-state index is -0.484. The number of nitrogens with one attached hydrogen (secondary N) is 1. The van der Waals surface area contributed by atoms with Crippen LogP contribution in [0.2, 0.25) is 0 Å². The van der Waals surface area contributed by atoms with E-state index in [-0.39, 0.29) is 11.4 Å². The molecule has 1 aromatic carbocycles. The van der Waals surface area contributed by atoms with Gasteiger partial charge in [0.15, 0.2) is 5.75 Å². The summed E-state index contributed by atoms with van der Waals surface area (Å²) >= 11 is 1.43. The van der Waals surface area contributed by atoms with Gasteiger partial charge < -0.3 is 9.47 Å². The summed E-state index contributed by atoms with van der Waals surface area (Å²) in [5, 5.41) is 18.0. The molecule has 0 unspecified atom stereocenters. The maximum Gasteiger partial charge on any atom is 0.315 e. The molecule has 25 heavy (non-hydrogen) atoms. The number of aromatic nitrogens is 1. The first kappa shape index (κ1) is 18.7. The Labute approximate surface area is 149 Å². The van der Waals surface area contributed by atoms with Crippen molar-refractivity contribution in [3.63, 3.8) is 0 Å². The van der Waals surface area contributed by atoms with Gasteiger partial charge in [-0.25, -0.2) is 4.98 Å². The van der Waals surface area contributed by atoms with Gasteiger partial charge in [0.2, 0.25) is 10.9 Å². The Hall–Kier alpha value is -2.68. The van der Waals surface area contributed by atoms with E-state index in [0.717, 1.165) is 12.1 Å². The number of rotatable bonds is 9. The third kappa shape index (κ3) is 5.15. The van der Waals surface area contributed by atoms with E-state index in [9.17, 15) is 10.1 Å². The number of aryl methyl sites for hydroxylation is 1. The molecule has 0 fully saturated rings. The van der Waals surface area contributed by atoms with Crippen molar-refractivity contribution >= 4 is 28.4 Å². The number of hydrazone groups is 1. The van der Waals surface area contributed by atoms with Crippen LogP contribution in [0.4, 0.5) is 10.8 Å². The molecule has 1 heterocycles. The van der Waals surface area contributed by atoms with Gasteiger partial charge in [-0.2, -0.15) is 5.10 Å². The van der Waals surface area contributed by atoms with Crippen LogP contribution >= 0.6 is 11.3 Å². The summed E-state index contributed by atoms with van der Waals surface area (Å²) in [6, 6.07) is 3.07. The van der Waals surface area contributed by atoms with E-state index in [1.54, 1.807) is 6.07 Å². The molecule has 1 aromatic heterocycles. The van der Waals surface area contributed by atoms with Gasteiger partial charge in [0.05, 0.1) is 30.0 Å². The Morgan fingerprint density at radius 2 is 2.20 bits per heavy atom. The number of nitrogens with zero attached hydrogens (tertiary/aromatic N) is 3. The third-order valence-electron chi connectivity index (χ3n) is 3.00. The Kier molecular flexibility index (Phi) is 6.70. The molecule has 0 amide bonds. The second-order valence-electron chi connectivity index (χ2n) is 5.07. The SMILES string of the molecule is CCCOc1c(OCC)cc(/C=N\Nc2nc(C)cs2)cc1[N+](=O)[O-]. The Balaban J connectivity index is 2.29. The molecule has 2 aromatic rings. The highest BCUT2D eigenvalue weighted by Crippen LogP contribution is 2.38. The molecule has 0 aliphatic heterocycles. The van der Waals surface area contributed by atoms with E-state index >= 15 is 0 Å². The summed E-state index contributed by atoms with van der Waals surface area (Å²) in [6.45, 7) is 6.37. The second kappa shape index (κ2) is 8.97. The van der Waals surface area contributed by atoms with Crippen LogP contribution in [0.5, 0.6) is 11.5 Å². The number of hydrogen-bond acceptors (Lipinski definition) is 8. The first-order valence-corrected chi connectivity index (χ1v) is 8.72. The van der Waals surface area contributed by atoms with E-state index in [4.69, 9.17) is 9.47 Å². The van der Waals surface area contributed by atoms with Crippen LogP contribution in [0.15, 0.2) is 22.6 Å². The highest BCUT2D eigenvalue weighted by Gasteiger charge is 2.22. The molecule has 0 saturated heterocycles. The van der Waals surface area contributed by atoms with Gasteiger partial charge >= 0.3 is 5.69 Å². The Morgan fingerprint density at radius 3 is 2.80 bits per heavy atom. The lowest BCUT2D eigenvalue weighted by Gasteiger charge is -2.12. The summed E-state index contributed by atoms with van der Waals surface area (Å²) in [7, 11) is 0. The van der Waals surface area contributed by atoms with Gasteiger partial charge in [-0.05, 0) is 26.3 Å². The molecule has 0 bridgehead atoms. The van der Waals surface area contributed by atoms with Gasteiger partial charge in [0, 0.05) is 17.0 Å². The van der Waals surface area contributed by atoms with Crippen molar-refractivity contribution in [3.05, 3.63) is 38.9 Å². The fourth-order valence-corrected chi connectivity index (χ4v) is 2.63. The zero-order valence-corrected chi connectivity index (χ0v) is 15.1. The van der Waals surface area contributed by atoms with E-state index in [1.807, 2.05) is 26.2 Å². The van der Waals surface area contributed by atoms with Gasteiger partial charge in [-0.1, -0.05) is 6.92 Å². The Morgan fingerprint density at radius 1 is 1.40 bits per heavy atom. The van der Waals surface area contributed by atoms with Crippen LogP contribution in [0.3, 0.4) is 0 Å². The maximum atomic E-state index is 11.4. The van der Waals surface area contributed by atoms with Crippen LogP contribution in [0, 0.1) is 17.0 Å². The van der Waals surface area contributed by atoms with E-state index in [0.29, 0.717) is 29.7 Å². The normalized spacial score (nSPS) is 10.8. The summed E-state index contributed by atoms with van der Waals surface area (Å²) in [5.74, 6) is 0.478. The summed E-state index contributed by atoms with van der Waals surface area (Å²) in [6.07, 6.45) is 2.22. The van der Waals surface area contributed by atoms with Crippen molar-refractivity contribution in [2.75, 3.05) is 18.6 Å². The first-order valence-electron chi connectivity index (χ1n) is 7.84. The van der Waals surface area contributed by atoms with Gasteiger partial charge in [-0.15, -0.1) is 11.3 Å². The molecule has 0 aliphatic carbocycles. The molecule has 8 nitrogen and oxygen atoms in total. The van der Waals surface area contributed by atoms with Gasteiger partial charge in [-0.3, -0.25) is 15.5 Å². The predicted molar refractivity (Wildman–Crippen MR) is 98.1 cm³/mol. The van der Waals surface area contributed by atoms with Gasteiger partial charge in [0.1, 0.15) is 0 Å². The largest absolute Gasteiger partial charge is 0.490 e. The monoisotopic (exact) mass is 364 g/mol. The van der Waals surface area contributed by atoms with Crippen molar-refractivity contribution in [1.82, 2.24) is 4.98 Å². The average molecular weight is 364 g/mol. The van der Waals surface area contributed by atoms with Crippen LogP contribution < -0.4 is 14.9 Å². The molecule has 9 heteroatoms. The predicted octanol–water partition coefficient (Wildman–Crippen LogP) is 3.99. The van der Waals surface area contributed by atoms with Crippen molar-refractivity contribution in [1.29, 1.82) is 0 Å². The van der Waals surface area contributed by atoms with Crippen LogP contribution in [-0.2, 0) is 0 Å². The lowest BCUT2D eigenvalue weighted by Crippen LogP contribution is -2.04. The van der Waals surface area contributed by atoms with Crippen LogP contribution in [0.25, 0.3) is 0 Å². The van der Waals surface area contributed by atoms with Crippen molar-refractivity contribution in [2.24, 2.45) is 5.10 Å². The molecule has 0 atom stereocenters. The van der Waals surface area contributed by atoms with Crippen LogP contribution in [-0.4, -0.2) is 29.3 Å². The smallest absolute Gasteiger partial charge is 0.315 e. The zero-order chi connectivity index (χ0) is 18.2. The molecule has 0 saturated carbocycles. The molecular formula is C16H20N4O4S. The number of nitro benzene ring substituents is 1. The lowest BCUT2D eigenvalue weighted by atomic mass is 10.2. The molecule has 134 valence electrons. The second-order valence-corrected chi connectivity index (χ2v) is 5.93. The number of hydrogen-bond donors (Lipinski definition) is 1. The molecule has 0 spiro atoms. The van der Waals surface area contributed by atoms with Crippen molar-refractivity contribution in [3.8, 4) is 11.5 Å². The van der Waals surface area contributed by atoms with Gasteiger partial charge in [0.25, 0.3) is 0 Å². The molecular weight excluding hydrogens is 344 g/mol. The minimum Gasteiger partial charge on any atom is -0.490 e. The summed E-state index contributed by atoms with van der Waals surface area (Å²) < 4.78 is 11.0. The highest BCUT2D eigenvalue weighted by molar-refractivity contribution is 7.13. The van der Waals surface area contributed by atoms with E-state index in [2.05, 4.69) is 15.5 Å². The van der Waals surface area contributed by atoms with Crippen LogP contribution in [0.1, 0.15) is 31.5 Å². The third-order valence-corrected chi connectivity index (χ3v) is 3.86. The molecule has 1 N–H and O–H groups in total. The fourth-order valence-electron chi connectivity index (χ4n) is 2.00. The average Bonchev–Trinajstić information content (AvgIpc) is 2.99. The zero-order valence-electron chi connectivity index (χ0n) is 14.3.